The summed E-state index contributed by atoms with van der Waals surface area (Å²) < 4.78 is 2.97. The number of hydrogen-bond donors (Lipinski definition) is 3. The molecule has 1 aromatic carbocycles. The van der Waals surface area contributed by atoms with Crippen LogP contribution in [0.3, 0.4) is 0 Å². The minimum atomic E-state index is -0.495. The van der Waals surface area contributed by atoms with Gasteiger partial charge in [0.1, 0.15) is 0 Å². The van der Waals surface area contributed by atoms with E-state index in [1.807, 2.05) is 30.3 Å². The Balaban J connectivity index is 2.12. The Bertz CT molecular complexity index is 1030. The Morgan fingerprint density at radius 2 is 1.77 bits per heavy atom. The summed E-state index contributed by atoms with van der Waals surface area (Å²) in [6, 6.07) is 9.52. The molecule has 0 spiro atoms. The minimum Gasteiger partial charge on any atom is -0.347 e. The van der Waals surface area contributed by atoms with Gasteiger partial charge in [-0.05, 0) is 11.5 Å². The smallest absolute Gasteiger partial charge is 0.329 e. The Labute approximate surface area is 150 Å². The molecule has 26 heavy (non-hydrogen) atoms. The van der Waals surface area contributed by atoms with Crippen molar-refractivity contribution < 1.29 is 0 Å². The molecule has 0 amide bonds. The average molecular weight is 356 g/mol. The first-order valence-corrected chi connectivity index (χ1v) is 8.54. The molecule has 3 rings (SSSR count). The maximum absolute atomic E-state index is 12.2. The van der Waals surface area contributed by atoms with Crippen molar-refractivity contribution in [2.75, 3.05) is 5.32 Å². The average Bonchev–Trinajstić information content (AvgIpc) is 2.95. The second-order valence-electron chi connectivity index (χ2n) is 6.84. The van der Waals surface area contributed by atoms with Gasteiger partial charge in [-0.2, -0.15) is 4.98 Å². The summed E-state index contributed by atoms with van der Waals surface area (Å²) in [6.07, 6.45) is 0. The molecular formula is C18H24N6O2. The predicted molar refractivity (Wildman–Crippen MR) is 102 cm³/mol. The zero-order valence-corrected chi connectivity index (χ0v) is 15.4. The van der Waals surface area contributed by atoms with E-state index in [0.717, 1.165) is 5.56 Å². The number of nitrogens with two attached hydrogens (primary N) is 1. The number of nitrogens with one attached hydrogen (secondary N) is 2. The third-order valence-corrected chi connectivity index (χ3v) is 4.73. The molecule has 2 unspecified atom stereocenters. The van der Waals surface area contributed by atoms with Crippen molar-refractivity contribution >= 4 is 17.1 Å². The number of anilines is 1. The van der Waals surface area contributed by atoms with Crippen molar-refractivity contribution in [3.05, 3.63) is 56.7 Å². The molecule has 0 aliphatic carbocycles. The Morgan fingerprint density at radius 3 is 2.38 bits per heavy atom. The molecule has 2 atom stereocenters. The normalized spacial score (nSPS) is 13.9. The fourth-order valence-corrected chi connectivity index (χ4v) is 3.02. The standard InChI is InChI=1S/C18H24N6O2/c1-10(2)12(19)13(11-8-6-5-7-9-11)20-17-21-15-14(23(17)3)16(25)22-18(26)24(15)4/h5-10,12-13H,19H2,1-4H3,(H,20,21)(H,22,25,26). The number of aryl methyl sites for hydroxylation is 2. The monoisotopic (exact) mass is 356 g/mol. The summed E-state index contributed by atoms with van der Waals surface area (Å²) >= 11 is 0. The Hall–Kier alpha value is -2.87. The second kappa shape index (κ2) is 6.80. The van der Waals surface area contributed by atoms with Crippen LogP contribution in [0.4, 0.5) is 5.95 Å². The van der Waals surface area contributed by atoms with Crippen LogP contribution in [0.1, 0.15) is 25.5 Å². The van der Waals surface area contributed by atoms with Crippen LogP contribution in [0, 0.1) is 5.92 Å². The number of aromatic amines is 1. The van der Waals surface area contributed by atoms with Crippen LogP contribution in [0.5, 0.6) is 0 Å². The zero-order valence-electron chi connectivity index (χ0n) is 15.4. The first kappa shape index (κ1) is 17.9. The van der Waals surface area contributed by atoms with Crippen LogP contribution in [-0.2, 0) is 14.1 Å². The summed E-state index contributed by atoms with van der Waals surface area (Å²) in [7, 11) is 3.31. The summed E-state index contributed by atoms with van der Waals surface area (Å²) in [5.74, 6) is 0.715. The quantitative estimate of drug-likeness (QED) is 0.634. The largest absolute Gasteiger partial charge is 0.347 e. The number of benzene rings is 1. The van der Waals surface area contributed by atoms with Gasteiger partial charge in [0.05, 0.1) is 6.04 Å². The third kappa shape index (κ3) is 3.03. The molecule has 0 fully saturated rings. The van der Waals surface area contributed by atoms with Gasteiger partial charge in [0.2, 0.25) is 5.95 Å². The second-order valence-corrected chi connectivity index (χ2v) is 6.84. The molecule has 2 aromatic heterocycles. The fourth-order valence-electron chi connectivity index (χ4n) is 3.02. The lowest BCUT2D eigenvalue weighted by Gasteiger charge is -2.28. The molecular weight excluding hydrogens is 332 g/mol. The zero-order chi connectivity index (χ0) is 19.0. The molecule has 0 saturated carbocycles. The predicted octanol–water partition coefficient (Wildman–Crippen LogP) is 1.10. The van der Waals surface area contributed by atoms with E-state index in [9.17, 15) is 9.59 Å². The molecule has 138 valence electrons. The van der Waals surface area contributed by atoms with E-state index in [4.69, 9.17) is 5.73 Å². The molecule has 3 aromatic rings. The van der Waals surface area contributed by atoms with Crippen molar-refractivity contribution in [3.8, 4) is 0 Å². The molecule has 0 radical (unpaired) electrons. The lowest BCUT2D eigenvalue weighted by molar-refractivity contribution is 0.439. The van der Waals surface area contributed by atoms with Crippen LogP contribution in [-0.4, -0.2) is 25.1 Å². The van der Waals surface area contributed by atoms with E-state index in [0.29, 0.717) is 17.1 Å². The number of fused-ring (bicyclic) bond motifs is 1. The number of rotatable bonds is 5. The molecule has 2 heterocycles. The van der Waals surface area contributed by atoms with E-state index in [1.165, 1.54) is 4.57 Å². The first-order valence-electron chi connectivity index (χ1n) is 8.54. The van der Waals surface area contributed by atoms with Crippen molar-refractivity contribution in [1.29, 1.82) is 0 Å². The minimum absolute atomic E-state index is 0.167. The van der Waals surface area contributed by atoms with E-state index < -0.39 is 11.2 Å². The van der Waals surface area contributed by atoms with Crippen molar-refractivity contribution in [2.24, 2.45) is 25.7 Å². The van der Waals surface area contributed by atoms with Gasteiger partial charge >= 0.3 is 5.69 Å². The van der Waals surface area contributed by atoms with Crippen molar-refractivity contribution in [2.45, 2.75) is 25.9 Å². The van der Waals surface area contributed by atoms with E-state index >= 15 is 0 Å². The number of hydrogen-bond acceptors (Lipinski definition) is 5. The van der Waals surface area contributed by atoms with Crippen molar-refractivity contribution in [1.82, 2.24) is 19.1 Å². The van der Waals surface area contributed by atoms with Gasteiger partial charge < -0.3 is 15.6 Å². The summed E-state index contributed by atoms with van der Waals surface area (Å²) in [4.78, 5) is 30.8. The molecule has 0 aliphatic rings. The van der Waals surface area contributed by atoms with E-state index in [1.54, 1.807) is 18.7 Å². The molecule has 0 bridgehead atoms. The van der Waals surface area contributed by atoms with Crippen LogP contribution >= 0.6 is 0 Å². The SMILES string of the molecule is CC(C)C(N)C(Nc1nc2c(c(=O)[nH]c(=O)n2C)n1C)c1ccccc1. The van der Waals surface area contributed by atoms with E-state index in [-0.39, 0.29) is 18.0 Å². The maximum Gasteiger partial charge on any atom is 0.329 e. The first-order chi connectivity index (χ1) is 12.3. The van der Waals surface area contributed by atoms with Crippen LogP contribution in [0.25, 0.3) is 11.2 Å². The number of nitrogens with zero attached hydrogens (tertiary/aromatic N) is 3. The van der Waals surface area contributed by atoms with Gasteiger partial charge in [-0.25, -0.2) is 4.79 Å². The topological polar surface area (TPSA) is 111 Å². The molecule has 4 N–H and O–H groups in total. The highest BCUT2D eigenvalue weighted by molar-refractivity contribution is 5.74. The van der Waals surface area contributed by atoms with Crippen LogP contribution in [0.15, 0.2) is 39.9 Å². The molecule has 8 nitrogen and oxygen atoms in total. The van der Waals surface area contributed by atoms with Crippen LogP contribution in [0.2, 0.25) is 0 Å². The summed E-state index contributed by atoms with van der Waals surface area (Å²) in [5.41, 5.74) is 7.18. The van der Waals surface area contributed by atoms with Crippen LogP contribution < -0.4 is 22.3 Å². The van der Waals surface area contributed by atoms with Gasteiger partial charge in [-0.15, -0.1) is 0 Å². The van der Waals surface area contributed by atoms with Gasteiger partial charge in [-0.3, -0.25) is 14.3 Å². The van der Waals surface area contributed by atoms with Gasteiger partial charge in [-0.1, -0.05) is 44.2 Å². The van der Waals surface area contributed by atoms with Crippen molar-refractivity contribution in [3.63, 3.8) is 0 Å². The lowest BCUT2D eigenvalue weighted by Crippen LogP contribution is -2.38. The van der Waals surface area contributed by atoms with Gasteiger partial charge in [0.15, 0.2) is 11.2 Å². The summed E-state index contributed by atoms with van der Waals surface area (Å²) in [6.45, 7) is 4.12. The van der Waals surface area contributed by atoms with Gasteiger partial charge in [0.25, 0.3) is 5.56 Å². The number of H-pyrrole nitrogens is 1. The van der Waals surface area contributed by atoms with E-state index in [2.05, 4.69) is 29.1 Å². The summed E-state index contributed by atoms with van der Waals surface area (Å²) in [5, 5.41) is 3.37. The lowest BCUT2D eigenvalue weighted by atomic mass is 9.92. The number of imidazole rings is 1. The highest BCUT2D eigenvalue weighted by atomic mass is 16.2. The highest BCUT2D eigenvalue weighted by Crippen LogP contribution is 2.25. The Morgan fingerprint density at radius 1 is 1.12 bits per heavy atom. The third-order valence-electron chi connectivity index (χ3n) is 4.73. The van der Waals surface area contributed by atoms with Gasteiger partial charge in [0, 0.05) is 20.1 Å². The number of aromatic nitrogens is 4. The molecule has 0 saturated heterocycles. The maximum atomic E-state index is 12.2. The molecule has 8 heteroatoms. The molecule has 0 aliphatic heterocycles. The fraction of sp³-hybridized carbons (Fsp3) is 0.389. The highest BCUT2D eigenvalue weighted by Gasteiger charge is 2.25. The Kier molecular flexibility index (Phi) is 4.69.